The predicted molar refractivity (Wildman–Crippen MR) is 81.7 cm³/mol. The normalized spacial score (nSPS) is 12.6. The van der Waals surface area contributed by atoms with Crippen molar-refractivity contribution in [3.63, 3.8) is 0 Å². The fourth-order valence-corrected chi connectivity index (χ4v) is 2.54. The first-order valence-electron chi connectivity index (χ1n) is 6.92. The van der Waals surface area contributed by atoms with E-state index in [0.717, 1.165) is 6.42 Å². The first-order valence-corrected chi connectivity index (χ1v) is 8.14. The molecule has 0 heterocycles. The van der Waals surface area contributed by atoms with E-state index in [1.54, 1.807) is 11.8 Å². The molecule has 0 aliphatic rings. The quantitative estimate of drug-likeness (QED) is 0.303. The number of unbranched alkanes of at least 4 members (excludes halogenated alkanes) is 4. The zero-order valence-corrected chi connectivity index (χ0v) is 12.4. The molecule has 0 fully saturated rings. The first kappa shape index (κ1) is 15.5. The van der Waals surface area contributed by atoms with Gasteiger partial charge < -0.3 is 0 Å². The van der Waals surface area contributed by atoms with Crippen molar-refractivity contribution in [3.05, 3.63) is 29.8 Å². The molecule has 0 aromatic heterocycles. The van der Waals surface area contributed by atoms with Crippen LogP contribution >= 0.6 is 11.8 Å². The van der Waals surface area contributed by atoms with Crippen LogP contribution in [-0.2, 0) is 0 Å². The molecule has 0 aliphatic heterocycles. The summed E-state index contributed by atoms with van der Waals surface area (Å²) in [6, 6.07) is 9.00. The molecule has 0 bridgehead atoms. The molecule has 1 unspecified atom stereocenters. The third kappa shape index (κ3) is 5.42. The number of nitrogens with two attached hydrogens (primary N) is 1. The lowest BCUT2D eigenvalue weighted by Crippen LogP contribution is -2.27. The molecule has 1 atom stereocenters. The van der Waals surface area contributed by atoms with Gasteiger partial charge in [0.1, 0.15) is 0 Å². The van der Waals surface area contributed by atoms with Gasteiger partial charge in [-0.25, -0.2) is 0 Å². The van der Waals surface area contributed by atoms with Crippen molar-refractivity contribution in [2.75, 3.05) is 6.26 Å². The van der Waals surface area contributed by atoms with E-state index in [4.69, 9.17) is 5.84 Å². The van der Waals surface area contributed by atoms with Crippen molar-refractivity contribution in [2.24, 2.45) is 5.84 Å². The van der Waals surface area contributed by atoms with Gasteiger partial charge in [-0.05, 0) is 30.4 Å². The van der Waals surface area contributed by atoms with Crippen molar-refractivity contribution >= 4 is 11.8 Å². The van der Waals surface area contributed by atoms with Crippen LogP contribution in [0.3, 0.4) is 0 Å². The van der Waals surface area contributed by atoms with E-state index in [2.05, 4.69) is 42.9 Å². The fourth-order valence-electron chi connectivity index (χ4n) is 2.13. The van der Waals surface area contributed by atoms with E-state index in [-0.39, 0.29) is 0 Å². The highest BCUT2D eigenvalue weighted by Gasteiger charge is 2.08. The fraction of sp³-hybridized carbons (Fsp3) is 0.600. The topological polar surface area (TPSA) is 38.0 Å². The van der Waals surface area contributed by atoms with Crippen LogP contribution in [0.1, 0.15) is 57.1 Å². The molecule has 1 aromatic rings. The van der Waals surface area contributed by atoms with Gasteiger partial charge >= 0.3 is 0 Å². The Morgan fingerprint density at radius 2 is 1.78 bits per heavy atom. The summed E-state index contributed by atoms with van der Waals surface area (Å²) in [6.45, 7) is 2.25. The van der Waals surface area contributed by atoms with Crippen molar-refractivity contribution in [3.8, 4) is 0 Å². The molecular weight excluding hydrogens is 240 g/mol. The first-order chi connectivity index (χ1) is 8.81. The van der Waals surface area contributed by atoms with Crippen molar-refractivity contribution in [1.82, 2.24) is 5.43 Å². The lowest BCUT2D eigenvalue weighted by atomic mass is 10.0. The van der Waals surface area contributed by atoms with E-state index in [1.165, 1.54) is 42.6 Å². The van der Waals surface area contributed by atoms with Crippen LogP contribution in [0.5, 0.6) is 0 Å². The minimum atomic E-state index is 0.294. The van der Waals surface area contributed by atoms with Gasteiger partial charge in [-0.1, -0.05) is 51.2 Å². The SMILES string of the molecule is CCCCCCCC(NN)c1ccc(SC)cc1. The minimum absolute atomic E-state index is 0.294. The maximum Gasteiger partial charge on any atom is 0.0460 e. The standard InChI is InChI=1S/C15H26N2S/c1-3-4-5-6-7-8-15(17-16)13-9-11-14(18-2)12-10-13/h9-12,15,17H,3-8,16H2,1-2H3. The highest BCUT2D eigenvalue weighted by Crippen LogP contribution is 2.22. The Balaban J connectivity index is 2.39. The molecule has 0 radical (unpaired) electrons. The van der Waals surface area contributed by atoms with Crippen molar-refractivity contribution in [1.29, 1.82) is 0 Å². The van der Waals surface area contributed by atoms with Crippen LogP contribution in [0.4, 0.5) is 0 Å². The molecule has 0 spiro atoms. The minimum Gasteiger partial charge on any atom is -0.271 e. The van der Waals surface area contributed by atoms with Gasteiger partial charge in [0.25, 0.3) is 0 Å². The van der Waals surface area contributed by atoms with Crippen molar-refractivity contribution < 1.29 is 0 Å². The summed E-state index contributed by atoms with van der Waals surface area (Å²) in [5, 5.41) is 0. The third-order valence-corrected chi connectivity index (χ3v) is 4.06. The van der Waals surface area contributed by atoms with Gasteiger partial charge in [0, 0.05) is 10.9 Å². The molecule has 0 aliphatic carbocycles. The summed E-state index contributed by atoms with van der Waals surface area (Å²) in [6.07, 6.45) is 9.78. The van der Waals surface area contributed by atoms with Crippen LogP contribution in [0.2, 0.25) is 0 Å². The molecule has 102 valence electrons. The van der Waals surface area contributed by atoms with Gasteiger partial charge in [0.05, 0.1) is 0 Å². The molecule has 0 saturated heterocycles. The number of benzene rings is 1. The van der Waals surface area contributed by atoms with Gasteiger partial charge in [-0.3, -0.25) is 11.3 Å². The molecule has 18 heavy (non-hydrogen) atoms. The third-order valence-electron chi connectivity index (χ3n) is 3.32. The predicted octanol–water partition coefficient (Wildman–Crippen LogP) is 4.27. The Bertz CT molecular complexity index is 311. The summed E-state index contributed by atoms with van der Waals surface area (Å²) < 4.78 is 0. The van der Waals surface area contributed by atoms with Gasteiger partial charge in [0.2, 0.25) is 0 Å². The Morgan fingerprint density at radius 1 is 1.11 bits per heavy atom. The van der Waals surface area contributed by atoms with Crippen LogP contribution in [-0.4, -0.2) is 6.26 Å². The molecule has 0 saturated carbocycles. The second kappa shape index (κ2) is 9.42. The van der Waals surface area contributed by atoms with Gasteiger partial charge in [0.15, 0.2) is 0 Å². The summed E-state index contributed by atoms with van der Waals surface area (Å²) in [5.74, 6) is 5.66. The van der Waals surface area contributed by atoms with E-state index in [9.17, 15) is 0 Å². The second-order valence-electron chi connectivity index (χ2n) is 4.70. The second-order valence-corrected chi connectivity index (χ2v) is 5.57. The van der Waals surface area contributed by atoms with E-state index in [1.807, 2.05) is 0 Å². The molecular formula is C15H26N2S. The molecule has 2 nitrogen and oxygen atoms in total. The molecule has 1 aromatic carbocycles. The number of hydrogen-bond acceptors (Lipinski definition) is 3. The highest BCUT2D eigenvalue weighted by molar-refractivity contribution is 7.98. The highest BCUT2D eigenvalue weighted by atomic mass is 32.2. The number of rotatable bonds is 9. The number of hydrogen-bond donors (Lipinski definition) is 2. The molecule has 0 amide bonds. The van der Waals surface area contributed by atoms with Crippen LogP contribution in [0.15, 0.2) is 29.2 Å². The Hall–Kier alpha value is -0.510. The van der Waals surface area contributed by atoms with Gasteiger partial charge in [-0.15, -0.1) is 11.8 Å². The summed E-state index contributed by atoms with van der Waals surface area (Å²) >= 11 is 1.77. The van der Waals surface area contributed by atoms with E-state index < -0.39 is 0 Å². The van der Waals surface area contributed by atoms with Crippen LogP contribution in [0, 0.1) is 0 Å². The van der Waals surface area contributed by atoms with E-state index >= 15 is 0 Å². The lowest BCUT2D eigenvalue weighted by Gasteiger charge is -2.16. The Labute approximate surface area is 116 Å². The van der Waals surface area contributed by atoms with Gasteiger partial charge in [-0.2, -0.15) is 0 Å². The summed E-state index contributed by atoms with van der Waals surface area (Å²) in [5.41, 5.74) is 4.24. The largest absolute Gasteiger partial charge is 0.271 e. The number of thioether (sulfide) groups is 1. The monoisotopic (exact) mass is 266 g/mol. The zero-order chi connectivity index (χ0) is 13.2. The number of hydrazine groups is 1. The maximum absolute atomic E-state index is 5.66. The van der Waals surface area contributed by atoms with Crippen molar-refractivity contribution in [2.45, 2.75) is 56.4 Å². The Kier molecular flexibility index (Phi) is 8.14. The molecule has 3 heteroatoms. The summed E-state index contributed by atoms with van der Waals surface area (Å²) in [7, 11) is 0. The van der Waals surface area contributed by atoms with Crippen LogP contribution < -0.4 is 11.3 Å². The average Bonchev–Trinajstić information content (AvgIpc) is 2.43. The maximum atomic E-state index is 5.66. The lowest BCUT2D eigenvalue weighted by molar-refractivity contribution is 0.479. The zero-order valence-electron chi connectivity index (χ0n) is 11.6. The van der Waals surface area contributed by atoms with E-state index in [0.29, 0.717) is 6.04 Å². The molecule has 1 rings (SSSR count). The molecule has 3 N–H and O–H groups in total. The number of nitrogens with one attached hydrogen (secondary N) is 1. The summed E-state index contributed by atoms with van der Waals surface area (Å²) in [4.78, 5) is 1.30. The van der Waals surface area contributed by atoms with Crippen LogP contribution in [0.25, 0.3) is 0 Å². The smallest absolute Gasteiger partial charge is 0.0460 e. The Morgan fingerprint density at radius 3 is 2.33 bits per heavy atom. The average molecular weight is 266 g/mol.